The van der Waals surface area contributed by atoms with Crippen LogP contribution in [0.4, 0.5) is 0 Å². The summed E-state index contributed by atoms with van der Waals surface area (Å²) in [5.41, 5.74) is 2.53. The average molecular weight is 509 g/mol. The molecule has 0 unspecified atom stereocenters. The van der Waals surface area contributed by atoms with Crippen LogP contribution in [0.15, 0.2) is 18.2 Å². The van der Waals surface area contributed by atoms with Gasteiger partial charge in [-0.2, -0.15) is 24.3 Å². The summed E-state index contributed by atoms with van der Waals surface area (Å²) < 4.78 is 67.9. The monoisotopic (exact) mass is 507 g/mol. The van der Waals surface area contributed by atoms with E-state index in [1.807, 2.05) is 0 Å². The molecule has 2 N–H and O–H groups in total. The molecule has 1 aliphatic heterocycles. The van der Waals surface area contributed by atoms with Crippen LogP contribution in [0.25, 0.3) is 0 Å². The molecule has 1 heterocycles. The molecule has 11 nitrogen and oxygen atoms in total. The second-order valence-electron chi connectivity index (χ2n) is 5.82. The first-order valence-corrected chi connectivity index (χ1v) is 10.6. The minimum Gasteiger partial charge on any atom is -0.315 e. The van der Waals surface area contributed by atoms with Crippen LogP contribution in [0, 0.1) is 26.6 Å². The number of halogens is 2. The van der Waals surface area contributed by atoms with Crippen LogP contribution in [0.3, 0.4) is 0 Å². The van der Waals surface area contributed by atoms with E-state index in [0.29, 0.717) is 0 Å². The molecule has 2 bridgehead atoms. The topological polar surface area (TPSA) is 212 Å². The molecule has 0 saturated heterocycles. The third-order valence-electron chi connectivity index (χ3n) is 3.33. The Morgan fingerprint density at radius 3 is 1.48 bits per heavy atom. The van der Waals surface area contributed by atoms with Gasteiger partial charge in [0.1, 0.15) is 0 Å². The summed E-state index contributed by atoms with van der Waals surface area (Å²) in [6, 6.07) is 9.90. The van der Waals surface area contributed by atoms with Crippen molar-refractivity contribution in [2.24, 2.45) is 0 Å². The molecule has 0 aliphatic carbocycles. The summed E-state index contributed by atoms with van der Waals surface area (Å²) in [5.74, 6) is 0. The Bertz CT molecular complexity index is 482. The van der Waals surface area contributed by atoms with Gasteiger partial charge in [-0.3, -0.25) is 0 Å². The Balaban J connectivity index is 0. The smallest absolute Gasteiger partial charge is 0.315 e. The Kier molecular flexibility index (Phi) is 17.7. The summed E-state index contributed by atoms with van der Waals surface area (Å²) in [5, 5.41) is 6.98. The summed E-state index contributed by atoms with van der Waals surface area (Å²) >= 11 is 0. The molecular weight excluding hydrogens is 485 g/mol. The molecule has 14 heteroatoms. The van der Waals surface area contributed by atoms with Crippen LogP contribution >= 0.6 is 0 Å². The van der Waals surface area contributed by atoms with Crippen molar-refractivity contribution >= 4 is 0 Å². The van der Waals surface area contributed by atoms with Crippen LogP contribution in [-0.4, -0.2) is 38.1 Å². The predicted octanol–water partition coefficient (Wildman–Crippen LogP) is -8.12. The van der Waals surface area contributed by atoms with Crippen molar-refractivity contribution in [1.82, 2.24) is 15.5 Å². The molecule has 0 fully saturated rings. The molecule has 2 rings (SSSR count). The quantitative estimate of drug-likeness (QED) is 0.248. The van der Waals surface area contributed by atoms with Gasteiger partial charge in [-0.25, -0.2) is 37.3 Å². The fourth-order valence-corrected chi connectivity index (χ4v) is 2.28. The SMILES string of the molecule is CN1CCCNCc2[c-]c(ccc2)CNCCC1.[Cu+2].[O-][Cl+3]([O-])([O-])[O-].[O-][Cl+3]([O-])([O-])[O-]. The van der Waals surface area contributed by atoms with Gasteiger partial charge in [0.2, 0.25) is 0 Å². The molecule has 1 radical (unpaired) electrons. The number of hydrogen-bond donors (Lipinski definition) is 2. The Morgan fingerprint density at radius 1 is 0.793 bits per heavy atom. The van der Waals surface area contributed by atoms with Crippen molar-refractivity contribution in [1.29, 1.82) is 0 Å². The van der Waals surface area contributed by atoms with Crippen molar-refractivity contribution in [2.45, 2.75) is 25.9 Å². The number of fused-ring (bicyclic) bond motifs is 2. The van der Waals surface area contributed by atoms with Gasteiger partial charge in [0.25, 0.3) is 0 Å². The van der Waals surface area contributed by atoms with Gasteiger partial charge in [-0.1, -0.05) is 0 Å². The Morgan fingerprint density at radius 2 is 1.14 bits per heavy atom. The zero-order valence-electron chi connectivity index (χ0n) is 15.7. The van der Waals surface area contributed by atoms with Gasteiger partial charge in [0.05, 0.1) is 0 Å². The summed E-state index contributed by atoms with van der Waals surface area (Å²) in [4.78, 5) is 2.42. The maximum Gasteiger partial charge on any atom is 2.00 e. The molecule has 1 aliphatic rings. The van der Waals surface area contributed by atoms with E-state index in [1.54, 1.807) is 0 Å². The molecule has 173 valence electrons. The first-order chi connectivity index (χ1) is 12.8. The maximum absolute atomic E-state index is 8.49. The Labute approximate surface area is 184 Å². The molecule has 0 amide bonds. The van der Waals surface area contributed by atoms with Crippen LogP contribution in [0.5, 0.6) is 0 Å². The standard InChI is InChI=1S/C15H24N3.2ClHO4.Cu/c1-18-9-3-7-16-12-14-5-2-6-15(11-14)13-17-8-4-10-18;2*2-1(3,4)5;/h2,5-6,16-17H,3-4,7-10,12-13H2,1H3;2*(H,2,3,4,5);/q-1;;;+2/p-2. The summed E-state index contributed by atoms with van der Waals surface area (Å²) in [6.07, 6.45) is 2.42. The van der Waals surface area contributed by atoms with Crippen molar-refractivity contribution in [3.63, 3.8) is 0 Å². The van der Waals surface area contributed by atoms with Gasteiger partial charge < -0.3 is 15.5 Å². The van der Waals surface area contributed by atoms with E-state index in [1.165, 1.54) is 37.1 Å². The van der Waals surface area contributed by atoms with Crippen molar-refractivity contribution < 1.29 is 74.8 Å². The van der Waals surface area contributed by atoms with E-state index < -0.39 is 20.5 Å². The summed E-state index contributed by atoms with van der Waals surface area (Å²) in [7, 11) is -7.68. The largest absolute Gasteiger partial charge is 2.00 e. The second-order valence-corrected chi connectivity index (χ2v) is 7.33. The Hall–Kier alpha value is -0.121. The fraction of sp³-hybridized carbons (Fsp3) is 0.600. The van der Waals surface area contributed by atoms with Crippen molar-refractivity contribution in [3.05, 3.63) is 35.4 Å². The number of nitrogens with one attached hydrogen (secondary N) is 2. The van der Waals surface area contributed by atoms with Crippen LogP contribution in [-0.2, 0) is 30.2 Å². The van der Waals surface area contributed by atoms with Gasteiger partial charge in [0, 0.05) is 0 Å². The van der Waals surface area contributed by atoms with E-state index in [2.05, 4.69) is 46.8 Å². The first-order valence-electron chi connectivity index (χ1n) is 8.18. The molecule has 1 aromatic carbocycles. The minimum absolute atomic E-state index is 0. The zero-order chi connectivity index (χ0) is 21.6. The van der Waals surface area contributed by atoms with E-state index in [4.69, 9.17) is 37.3 Å². The van der Waals surface area contributed by atoms with Gasteiger partial charge in [-0.05, 0) is 59.2 Å². The third kappa shape index (κ3) is 27.9. The van der Waals surface area contributed by atoms with Crippen LogP contribution in [0.2, 0.25) is 0 Å². The van der Waals surface area contributed by atoms with E-state index in [9.17, 15) is 0 Å². The van der Waals surface area contributed by atoms with E-state index >= 15 is 0 Å². The molecular formula is C15H24Cl2CuN3O8-. The van der Waals surface area contributed by atoms with Crippen molar-refractivity contribution in [2.75, 3.05) is 33.2 Å². The van der Waals surface area contributed by atoms with Crippen molar-refractivity contribution in [3.8, 4) is 0 Å². The van der Waals surface area contributed by atoms with E-state index in [0.717, 1.165) is 26.2 Å². The summed E-state index contributed by atoms with van der Waals surface area (Å²) in [6.45, 7) is 6.38. The second kappa shape index (κ2) is 16.6. The number of hydrogen-bond acceptors (Lipinski definition) is 11. The fourth-order valence-electron chi connectivity index (χ4n) is 2.28. The first kappa shape index (κ1) is 31.1. The zero-order valence-corrected chi connectivity index (χ0v) is 18.1. The normalized spacial score (nSPS) is 16.7. The van der Waals surface area contributed by atoms with Gasteiger partial charge in [0.15, 0.2) is 0 Å². The maximum atomic E-state index is 8.49. The van der Waals surface area contributed by atoms with Crippen LogP contribution in [0.1, 0.15) is 24.0 Å². The molecule has 1 aromatic rings. The average Bonchev–Trinajstić information content (AvgIpc) is 2.51. The van der Waals surface area contributed by atoms with Gasteiger partial charge >= 0.3 is 17.1 Å². The third-order valence-corrected chi connectivity index (χ3v) is 3.33. The molecule has 0 atom stereocenters. The number of rotatable bonds is 0. The predicted molar refractivity (Wildman–Crippen MR) is 75.4 cm³/mol. The van der Waals surface area contributed by atoms with Crippen LogP contribution < -0.4 is 47.9 Å². The molecule has 0 spiro atoms. The van der Waals surface area contributed by atoms with Gasteiger partial charge in [-0.15, -0.1) is 31.6 Å². The minimum atomic E-state index is -4.94. The number of nitrogens with zero attached hydrogens (tertiary/aromatic N) is 1. The molecule has 0 saturated carbocycles. The number of benzene rings is 1. The van der Waals surface area contributed by atoms with E-state index in [-0.39, 0.29) is 17.1 Å². The molecule has 29 heavy (non-hydrogen) atoms. The molecule has 0 aromatic heterocycles.